The topological polar surface area (TPSA) is 105 Å². The SMILES string of the molecule is CCOC(=O)[C@@H]1[C@H]2C(=O)N([C@@H](CO)CC(C)C)[C@H](C(=O)NC(C)(C)C)[C@]23CC[C@H]1O3. The molecule has 3 saturated heterocycles. The van der Waals surface area contributed by atoms with E-state index in [0.29, 0.717) is 19.3 Å². The van der Waals surface area contributed by atoms with Crippen LogP contribution in [0.15, 0.2) is 0 Å². The van der Waals surface area contributed by atoms with E-state index in [1.165, 1.54) is 4.90 Å². The molecule has 3 aliphatic rings. The number of carbonyl (C=O) groups is 3. The number of aliphatic hydroxyl groups is 1. The second-order valence-electron chi connectivity index (χ2n) is 10.3. The third kappa shape index (κ3) is 3.73. The number of esters is 1. The van der Waals surface area contributed by atoms with Crippen molar-refractivity contribution >= 4 is 17.8 Å². The van der Waals surface area contributed by atoms with Gasteiger partial charge >= 0.3 is 5.97 Å². The zero-order valence-corrected chi connectivity index (χ0v) is 18.9. The first-order valence-corrected chi connectivity index (χ1v) is 11.1. The lowest BCUT2D eigenvalue weighted by molar-refractivity contribution is -0.155. The van der Waals surface area contributed by atoms with Gasteiger partial charge in [-0.1, -0.05) is 13.8 Å². The zero-order valence-electron chi connectivity index (χ0n) is 18.9. The Labute approximate surface area is 178 Å². The number of nitrogens with one attached hydrogen (secondary N) is 1. The second-order valence-corrected chi connectivity index (χ2v) is 10.3. The summed E-state index contributed by atoms with van der Waals surface area (Å²) in [5, 5.41) is 13.1. The maximum absolute atomic E-state index is 13.7. The average molecular weight is 425 g/mol. The normalized spacial score (nSPS) is 33.7. The van der Waals surface area contributed by atoms with Crippen molar-refractivity contribution in [3.8, 4) is 0 Å². The molecular weight excluding hydrogens is 388 g/mol. The molecule has 0 aromatic heterocycles. The minimum Gasteiger partial charge on any atom is -0.466 e. The van der Waals surface area contributed by atoms with Crippen LogP contribution in [0.5, 0.6) is 0 Å². The summed E-state index contributed by atoms with van der Waals surface area (Å²) in [6.45, 7) is 11.4. The summed E-state index contributed by atoms with van der Waals surface area (Å²) in [5.74, 6) is -2.28. The molecule has 30 heavy (non-hydrogen) atoms. The minimum absolute atomic E-state index is 0.220. The van der Waals surface area contributed by atoms with E-state index in [4.69, 9.17) is 9.47 Å². The highest BCUT2D eigenvalue weighted by Gasteiger charge is 2.75. The summed E-state index contributed by atoms with van der Waals surface area (Å²) in [7, 11) is 0. The van der Waals surface area contributed by atoms with Gasteiger partial charge in [-0.2, -0.15) is 0 Å². The van der Waals surface area contributed by atoms with E-state index in [1.54, 1.807) is 6.92 Å². The molecule has 0 aromatic carbocycles. The summed E-state index contributed by atoms with van der Waals surface area (Å²) in [6.07, 6.45) is 1.28. The average Bonchev–Trinajstić information content (AvgIpc) is 3.25. The van der Waals surface area contributed by atoms with Crippen LogP contribution in [0.1, 0.15) is 60.8 Å². The number of aliphatic hydroxyl groups excluding tert-OH is 1. The quantitative estimate of drug-likeness (QED) is 0.596. The summed E-state index contributed by atoms with van der Waals surface area (Å²) in [6, 6.07) is -1.40. The predicted octanol–water partition coefficient (Wildman–Crippen LogP) is 1.25. The molecule has 2 bridgehead atoms. The molecule has 2 amide bonds. The van der Waals surface area contributed by atoms with E-state index in [1.807, 2.05) is 34.6 Å². The lowest BCUT2D eigenvalue weighted by atomic mass is 9.70. The molecule has 170 valence electrons. The van der Waals surface area contributed by atoms with Crippen LogP contribution >= 0.6 is 0 Å². The van der Waals surface area contributed by atoms with Gasteiger partial charge in [-0.3, -0.25) is 14.4 Å². The van der Waals surface area contributed by atoms with Crippen molar-refractivity contribution in [3.05, 3.63) is 0 Å². The Bertz CT molecular complexity index is 702. The highest BCUT2D eigenvalue weighted by molar-refractivity contribution is 5.98. The van der Waals surface area contributed by atoms with Crippen molar-refractivity contribution in [3.63, 3.8) is 0 Å². The van der Waals surface area contributed by atoms with Crippen LogP contribution in [-0.4, -0.2) is 70.3 Å². The monoisotopic (exact) mass is 424 g/mol. The van der Waals surface area contributed by atoms with Gasteiger partial charge in [-0.05, 0) is 52.9 Å². The molecule has 6 atom stereocenters. The van der Waals surface area contributed by atoms with Crippen LogP contribution < -0.4 is 5.32 Å². The number of rotatable bonds is 7. The van der Waals surface area contributed by atoms with Crippen molar-refractivity contribution in [2.24, 2.45) is 17.8 Å². The largest absolute Gasteiger partial charge is 0.466 e. The lowest BCUT2D eigenvalue weighted by Gasteiger charge is -2.38. The third-order valence-electron chi connectivity index (χ3n) is 6.39. The van der Waals surface area contributed by atoms with Gasteiger partial charge in [0.2, 0.25) is 11.8 Å². The maximum atomic E-state index is 13.7. The molecule has 0 aliphatic carbocycles. The summed E-state index contributed by atoms with van der Waals surface area (Å²) < 4.78 is 11.6. The molecular formula is C22H36N2O6. The van der Waals surface area contributed by atoms with E-state index in [-0.39, 0.29) is 30.9 Å². The zero-order chi connectivity index (χ0) is 22.4. The predicted molar refractivity (Wildman–Crippen MR) is 109 cm³/mol. The lowest BCUT2D eigenvalue weighted by Crippen LogP contribution is -2.60. The number of nitrogens with zero attached hydrogens (tertiary/aromatic N) is 1. The Hall–Kier alpha value is -1.67. The van der Waals surface area contributed by atoms with Gasteiger partial charge in [0.15, 0.2) is 0 Å². The first-order chi connectivity index (χ1) is 14.0. The van der Waals surface area contributed by atoms with Crippen LogP contribution in [0.2, 0.25) is 0 Å². The fourth-order valence-corrected chi connectivity index (χ4v) is 5.55. The molecule has 3 rings (SSSR count). The van der Waals surface area contributed by atoms with Gasteiger partial charge in [0.25, 0.3) is 0 Å². The van der Waals surface area contributed by atoms with Crippen molar-refractivity contribution in [2.45, 2.75) is 90.1 Å². The van der Waals surface area contributed by atoms with Crippen LogP contribution in [-0.2, 0) is 23.9 Å². The van der Waals surface area contributed by atoms with Crippen LogP contribution in [0.3, 0.4) is 0 Å². The van der Waals surface area contributed by atoms with Crippen molar-refractivity contribution in [2.75, 3.05) is 13.2 Å². The van der Waals surface area contributed by atoms with Gasteiger partial charge in [0, 0.05) is 5.54 Å². The fraction of sp³-hybridized carbons (Fsp3) is 0.864. The standard InChI is InChI=1S/C22H36N2O6/c1-7-29-20(28)15-14-8-9-22(30-14)16(15)19(27)24(13(11-25)10-12(2)3)17(22)18(26)23-21(4,5)6/h12-17,25H,7-11H2,1-6H3,(H,23,26)/t13-,14-,15+,16+,17-,22+/m1/s1. The summed E-state index contributed by atoms with van der Waals surface area (Å²) in [4.78, 5) is 41.4. The molecule has 0 saturated carbocycles. The molecule has 3 aliphatic heterocycles. The molecule has 2 N–H and O–H groups in total. The molecule has 8 nitrogen and oxygen atoms in total. The first-order valence-electron chi connectivity index (χ1n) is 11.1. The number of ether oxygens (including phenoxy) is 2. The van der Waals surface area contributed by atoms with Gasteiger partial charge in [0.05, 0.1) is 37.2 Å². The van der Waals surface area contributed by atoms with E-state index >= 15 is 0 Å². The molecule has 0 unspecified atom stereocenters. The van der Waals surface area contributed by atoms with Gasteiger partial charge in [0.1, 0.15) is 11.6 Å². The number of likely N-dealkylation sites (tertiary alicyclic amines) is 1. The van der Waals surface area contributed by atoms with Crippen molar-refractivity contribution in [1.29, 1.82) is 0 Å². The first kappa shape index (κ1) is 23.0. The van der Waals surface area contributed by atoms with Crippen molar-refractivity contribution in [1.82, 2.24) is 10.2 Å². The Morgan fingerprint density at radius 3 is 2.57 bits per heavy atom. The number of hydrogen-bond donors (Lipinski definition) is 2. The highest BCUT2D eigenvalue weighted by Crippen LogP contribution is 2.59. The Balaban J connectivity index is 2.05. The van der Waals surface area contributed by atoms with Gasteiger partial charge in [-0.25, -0.2) is 0 Å². The molecule has 3 fully saturated rings. The minimum atomic E-state index is -1.06. The second kappa shape index (κ2) is 8.11. The number of hydrogen-bond acceptors (Lipinski definition) is 6. The van der Waals surface area contributed by atoms with E-state index in [9.17, 15) is 19.5 Å². The molecule has 8 heteroatoms. The summed E-state index contributed by atoms with van der Waals surface area (Å²) in [5.41, 5.74) is -1.55. The summed E-state index contributed by atoms with van der Waals surface area (Å²) >= 11 is 0. The Kier molecular flexibility index (Phi) is 6.22. The molecule has 0 aromatic rings. The van der Waals surface area contributed by atoms with Crippen molar-refractivity contribution < 1.29 is 29.0 Å². The number of carbonyl (C=O) groups excluding carboxylic acids is 3. The Morgan fingerprint density at radius 1 is 1.37 bits per heavy atom. The number of fused-ring (bicyclic) bond motifs is 1. The highest BCUT2D eigenvalue weighted by atomic mass is 16.6. The third-order valence-corrected chi connectivity index (χ3v) is 6.39. The molecule has 3 heterocycles. The fourth-order valence-electron chi connectivity index (χ4n) is 5.55. The number of amides is 2. The van der Waals surface area contributed by atoms with Crippen LogP contribution in [0.4, 0.5) is 0 Å². The molecule has 1 spiro atoms. The van der Waals surface area contributed by atoms with E-state index in [0.717, 1.165) is 0 Å². The van der Waals surface area contributed by atoms with E-state index < -0.39 is 47.1 Å². The molecule has 0 radical (unpaired) electrons. The van der Waals surface area contributed by atoms with E-state index in [2.05, 4.69) is 5.32 Å². The van der Waals surface area contributed by atoms with Gasteiger partial charge in [-0.15, -0.1) is 0 Å². The van der Waals surface area contributed by atoms with Gasteiger partial charge < -0.3 is 24.8 Å². The van der Waals surface area contributed by atoms with Crippen LogP contribution in [0, 0.1) is 17.8 Å². The Morgan fingerprint density at radius 2 is 2.03 bits per heavy atom. The smallest absolute Gasteiger partial charge is 0.312 e. The van der Waals surface area contributed by atoms with Crippen LogP contribution in [0.25, 0.3) is 0 Å². The maximum Gasteiger partial charge on any atom is 0.312 e.